The second kappa shape index (κ2) is 8.57. The summed E-state index contributed by atoms with van der Waals surface area (Å²) in [5, 5.41) is 25.5. The highest BCUT2D eigenvalue weighted by Gasteiger charge is 2.53. The molecular weight excluding hydrogens is 390 g/mol. The summed E-state index contributed by atoms with van der Waals surface area (Å²) in [5.74, 6) is -0.465. The third-order valence-corrected chi connectivity index (χ3v) is 6.03. The van der Waals surface area contributed by atoms with Gasteiger partial charge in [-0.25, -0.2) is 4.79 Å². The number of aliphatic hydroxyl groups excluding tert-OH is 1. The van der Waals surface area contributed by atoms with E-state index in [2.05, 4.69) is 10.6 Å². The Hall–Kier alpha value is -2.71. The molecule has 160 valence electrons. The van der Waals surface area contributed by atoms with Crippen molar-refractivity contribution in [3.8, 4) is 6.07 Å². The van der Waals surface area contributed by atoms with E-state index in [0.29, 0.717) is 37.2 Å². The van der Waals surface area contributed by atoms with Gasteiger partial charge in [0.05, 0.1) is 36.4 Å². The molecule has 10 heteroatoms. The topological polar surface area (TPSA) is 150 Å². The van der Waals surface area contributed by atoms with Crippen molar-refractivity contribution in [3.63, 3.8) is 0 Å². The number of carbonyl (C=O) groups excluding carboxylic acids is 2. The van der Waals surface area contributed by atoms with Crippen molar-refractivity contribution in [1.82, 2.24) is 10.2 Å². The van der Waals surface area contributed by atoms with Crippen LogP contribution in [0.25, 0.3) is 0 Å². The highest BCUT2D eigenvalue weighted by molar-refractivity contribution is 5.89. The number of ether oxygens (including phenoxy) is 2. The summed E-state index contributed by atoms with van der Waals surface area (Å²) in [4.78, 5) is 26.0. The Balaban J connectivity index is 1.41. The minimum absolute atomic E-state index is 0.163. The van der Waals surface area contributed by atoms with E-state index in [1.54, 1.807) is 24.3 Å². The monoisotopic (exact) mass is 415 g/mol. The van der Waals surface area contributed by atoms with Gasteiger partial charge in [-0.05, 0) is 44.1 Å². The molecule has 1 aromatic carbocycles. The molecule has 10 nitrogen and oxygen atoms in total. The first-order valence-corrected chi connectivity index (χ1v) is 10.0. The molecule has 4 rings (SSSR count). The normalized spacial score (nSPS) is 31.7. The molecule has 0 saturated carbocycles. The molecule has 3 saturated heterocycles. The number of nitriles is 1. The molecule has 0 unspecified atom stereocenters. The van der Waals surface area contributed by atoms with Gasteiger partial charge in [-0.2, -0.15) is 5.26 Å². The van der Waals surface area contributed by atoms with Crippen LogP contribution < -0.4 is 16.4 Å². The lowest BCUT2D eigenvalue weighted by Crippen LogP contribution is -2.66. The number of piperidine rings is 1. The smallest absolute Gasteiger partial charge is 0.319 e. The van der Waals surface area contributed by atoms with E-state index in [1.165, 1.54) is 0 Å². The van der Waals surface area contributed by atoms with Crippen molar-refractivity contribution in [2.24, 2.45) is 11.7 Å². The Morgan fingerprint density at radius 3 is 2.77 bits per heavy atom. The van der Waals surface area contributed by atoms with E-state index in [1.807, 2.05) is 11.0 Å². The molecule has 3 amide bonds. The first-order chi connectivity index (χ1) is 14.5. The third-order valence-electron chi connectivity index (χ3n) is 6.03. The summed E-state index contributed by atoms with van der Waals surface area (Å²) in [5.41, 5.74) is 6.31. The number of primary amides is 1. The van der Waals surface area contributed by atoms with E-state index in [9.17, 15) is 14.7 Å². The number of nitrogens with one attached hydrogen (secondary N) is 2. The molecule has 0 aromatic heterocycles. The highest BCUT2D eigenvalue weighted by atomic mass is 16.7. The van der Waals surface area contributed by atoms with Crippen LogP contribution in [0, 0.1) is 17.2 Å². The first kappa shape index (κ1) is 20.6. The molecular formula is C20H25N5O5. The van der Waals surface area contributed by atoms with Crippen LogP contribution >= 0.6 is 0 Å². The summed E-state index contributed by atoms with van der Waals surface area (Å²) in [6.07, 6.45) is -0.716. The van der Waals surface area contributed by atoms with E-state index in [0.717, 1.165) is 0 Å². The molecule has 3 aliphatic heterocycles. The van der Waals surface area contributed by atoms with Gasteiger partial charge in [-0.3, -0.25) is 9.69 Å². The fraction of sp³-hybridized carbons (Fsp3) is 0.550. The lowest BCUT2D eigenvalue weighted by Gasteiger charge is -2.45. The quantitative estimate of drug-likeness (QED) is 0.529. The van der Waals surface area contributed by atoms with Gasteiger partial charge in [0.25, 0.3) is 0 Å². The Morgan fingerprint density at radius 2 is 2.07 bits per heavy atom. The van der Waals surface area contributed by atoms with Crippen molar-refractivity contribution in [3.05, 3.63) is 29.8 Å². The number of hydrogen-bond acceptors (Lipinski definition) is 7. The zero-order valence-electron chi connectivity index (χ0n) is 16.4. The lowest BCUT2D eigenvalue weighted by atomic mass is 9.90. The standard InChI is InChI=1S/C20H25N5O5/c21-9-11-2-1-3-13(8-11)23-20(28)24-15-14-10-29-19(30-14)16(17(15)26)25-6-4-12(5-7-25)18(22)27/h1-3,8,12,14-17,19,26H,4-7,10H2,(H2,22,27)(H2,23,24,28)/t14-,15-,16-,17+,19-/m1/s1. The van der Waals surface area contributed by atoms with Gasteiger partial charge < -0.3 is 30.9 Å². The van der Waals surface area contributed by atoms with Gasteiger partial charge in [0, 0.05) is 11.6 Å². The number of likely N-dealkylation sites (tertiary alicyclic amines) is 1. The predicted molar refractivity (Wildman–Crippen MR) is 105 cm³/mol. The Labute approximate surface area is 173 Å². The van der Waals surface area contributed by atoms with Crippen molar-refractivity contribution in [2.45, 2.75) is 43.4 Å². The highest BCUT2D eigenvalue weighted by Crippen LogP contribution is 2.33. The maximum Gasteiger partial charge on any atom is 0.319 e. The number of nitrogens with zero attached hydrogens (tertiary/aromatic N) is 2. The second-order valence-electron chi connectivity index (χ2n) is 7.89. The molecule has 30 heavy (non-hydrogen) atoms. The summed E-state index contributed by atoms with van der Waals surface area (Å²) < 4.78 is 11.6. The van der Waals surface area contributed by atoms with Gasteiger partial charge in [0.15, 0.2) is 6.29 Å². The largest absolute Gasteiger partial charge is 0.389 e. The maximum atomic E-state index is 12.5. The van der Waals surface area contributed by atoms with Gasteiger partial charge in [-0.15, -0.1) is 0 Å². The van der Waals surface area contributed by atoms with Crippen molar-refractivity contribution < 1.29 is 24.2 Å². The number of rotatable bonds is 4. The van der Waals surface area contributed by atoms with Gasteiger partial charge >= 0.3 is 6.03 Å². The zero-order chi connectivity index (χ0) is 21.3. The van der Waals surface area contributed by atoms with Crippen LogP contribution in [0.15, 0.2) is 24.3 Å². The van der Waals surface area contributed by atoms with Crippen LogP contribution in [0.5, 0.6) is 0 Å². The number of anilines is 1. The Kier molecular flexibility index (Phi) is 5.87. The summed E-state index contributed by atoms with van der Waals surface area (Å²) >= 11 is 0. The van der Waals surface area contributed by atoms with Crippen LogP contribution in [0.3, 0.4) is 0 Å². The molecule has 3 aliphatic rings. The second-order valence-corrected chi connectivity index (χ2v) is 7.89. The first-order valence-electron chi connectivity index (χ1n) is 10.0. The van der Waals surface area contributed by atoms with Crippen LogP contribution in [-0.2, 0) is 14.3 Å². The average molecular weight is 415 g/mol. The van der Waals surface area contributed by atoms with E-state index in [-0.39, 0.29) is 18.4 Å². The van der Waals surface area contributed by atoms with E-state index < -0.39 is 36.6 Å². The molecule has 5 atom stereocenters. The minimum Gasteiger partial charge on any atom is -0.389 e. The molecule has 3 heterocycles. The number of fused-ring (bicyclic) bond motifs is 2. The Bertz CT molecular complexity index is 850. The maximum absolute atomic E-state index is 12.5. The van der Waals surface area contributed by atoms with Crippen molar-refractivity contribution >= 4 is 17.6 Å². The SMILES string of the molecule is N#Cc1cccc(NC(=O)N[C@H]2[C@H](O)[C@@H](N3CCC(C(N)=O)CC3)[C@@H]3OC[C@H]2O3)c1. The number of aliphatic hydroxyl groups is 1. The fourth-order valence-corrected chi connectivity index (χ4v) is 4.43. The Morgan fingerprint density at radius 1 is 1.30 bits per heavy atom. The summed E-state index contributed by atoms with van der Waals surface area (Å²) in [6.45, 7) is 1.44. The molecule has 0 aliphatic carbocycles. The zero-order valence-corrected chi connectivity index (χ0v) is 16.4. The molecule has 0 radical (unpaired) electrons. The van der Waals surface area contributed by atoms with Crippen LogP contribution in [0.4, 0.5) is 10.5 Å². The minimum atomic E-state index is -0.905. The molecule has 1 aromatic rings. The van der Waals surface area contributed by atoms with Gasteiger partial charge in [0.2, 0.25) is 5.91 Å². The number of carbonyl (C=O) groups is 2. The summed E-state index contributed by atoms with van der Waals surface area (Å²) in [7, 11) is 0. The van der Waals surface area contributed by atoms with Crippen molar-refractivity contribution in [2.75, 3.05) is 25.0 Å². The fourth-order valence-electron chi connectivity index (χ4n) is 4.43. The number of urea groups is 1. The molecule has 2 bridgehead atoms. The number of benzene rings is 1. The van der Waals surface area contributed by atoms with Crippen LogP contribution in [0.2, 0.25) is 0 Å². The molecule has 5 N–H and O–H groups in total. The summed E-state index contributed by atoms with van der Waals surface area (Å²) in [6, 6.07) is 6.95. The number of nitrogens with two attached hydrogens (primary N) is 1. The lowest BCUT2D eigenvalue weighted by molar-refractivity contribution is -0.184. The molecule has 3 fully saturated rings. The average Bonchev–Trinajstić information content (AvgIpc) is 3.17. The number of hydrogen-bond donors (Lipinski definition) is 4. The van der Waals surface area contributed by atoms with Crippen LogP contribution in [0.1, 0.15) is 18.4 Å². The van der Waals surface area contributed by atoms with E-state index in [4.69, 9.17) is 20.5 Å². The molecule has 0 spiro atoms. The van der Waals surface area contributed by atoms with Crippen LogP contribution in [-0.4, -0.2) is 72.2 Å². The van der Waals surface area contributed by atoms with Gasteiger partial charge in [0.1, 0.15) is 6.10 Å². The van der Waals surface area contributed by atoms with E-state index >= 15 is 0 Å². The van der Waals surface area contributed by atoms with Gasteiger partial charge in [-0.1, -0.05) is 6.07 Å². The number of amides is 3. The predicted octanol–water partition coefficient (Wildman–Crippen LogP) is -0.270. The third kappa shape index (κ3) is 4.11. The van der Waals surface area contributed by atoms with Crippen molar-refractivity contribution in [1.29, 1.82) is 5.26 Å².